The Morgan fingerprint density at radius 3 is 2.39 bits per heavy atom. The van der Waals surface area contributed by atoms with Crippen molar-refractivity contribution in [1.29, 1.82) is 0 Å². The van der Waals surface area contributed by atoms with E-state index in [4.69, 9.17) is 9.47 Å². The number of ketones is 1. The molecule has 0 fully saturated rings. The molecule has 1 heterocycles. The molecule has 4 rings (SSSR count). The topological polar surface area (TPSA) is 35.5 Å². The minimum atomic E-state index is -0.101. The van der Waals surface area contributed by atoms with Gasteiger partial charge in [0.2, 0.25) is 5.78 Å². The van der Waals surface area contributed by atoms with Crippen LogP contribution in [0.25, 0.3) is 6.08 Å². The Labute approximate surface area is 184 Å². The quantitative estimate of drug-likeness (QED) is 0.442. The number of ether oxygens (including phenoxy) is 2. The van der Waals surface area contributed by atoms with Crippen LogP contribution in [0.1, 0.15) is 58.9 Å². The molecule has 0 saturated carbocycles. The van der Waals surface area contributed by atoms with E-state index in [1.54, 1.807) is 18.2 Å². The summed E-state index contributed by atoms with van der Waals surface area (Å²) >= 11 is 0. The largest absolute Gasteiger partial charge is 0.489 e. The smallest absolute Gasteiger partial charge is 0.231 e. The van der Waals surface area contributed by atoms with Gasteiger partial charge in [0, 0.05) is 6.07 Å². The van der Waals surface area contributed by atoms with Crippen LogP contribution < -0.4 is 9.47 Å². The van der Waals surface area contributed by atoms with Crippen molar-refractivity contribution in [2.45, 2.75) is 46.6 Å². The van der Waals surface area contributed by atoms with Crippen molar-refractivity contribution >= 4 is 11.9 Å². The molecule has 0 unspecified atom stereocenters. The summed E-state index contributed by atoms with van der Waals surface area (Å²) < 4.78 is 11.9. The van der Waals surface area contributed by atoms with E-state index in [9.17, 15) is 4.79 Å². The number of hydrogen-bond acceptors (Lipinski definition) is 3. The molecule has 1 aliphatic rings. The second kappa shape index (κ2) is 8.07. The molecule has 0 aliphatic carbocycles. The van der Waals surface area contributed by atoms with Crippen LogP contribution in [0.5, 0.6) is 11.5 Å². The number of fused-ring (bicyclic) bond motifs is 1. The van der Waals surface area contributed by atoms with Gasteiger partial charge in [0.05, 0.1) is 5.56 Å². The zero-order valence-electron chi connectivity index (χ0n) is 18.8. The number of rotatable bonds is 4. The van der Waals surface area contributed by atoms with Gasteiger partial charge in [0.15, 0.2) is 5.76 Å². The van der Waals surface area contributed by atoms with Crippen LogP contribution in [0, 0.1) is 13.8 Å². The molecule has 0 bridgehead atoms. The maximum Gasteiger partial charge on any atom is 0.231 e. The lowest BCUT2D eigenvalue weighted by Crippen LogP contribution is -2.10. The van der Waals surface area contributed by atoms with Crippen molar-refractivity contribution in [2.24, 2.45) is 0 Å². The summed E-state index contributed by atoms with van der Waals surface area (Å²) in [4.78, 5) is 12.8. The number of aryl methyl sites for hydroxylation is 2. The first-order chi connectivity index (χ1) is 14.7. The van der Waals surface area contributed by atoms with Gasteiger partial charge in [-0.15, -0.1) is 0 Å². The lowest BCUT2D eigenvalue weighted by Gasteiger charge is -2.18. The summed E-state index contributed by atoms with van der Waals surface area (Å²) in [5.74, 6) is 1.46. The second-order valence-electron chi connectivity index (χ2n) is 9.19. The average Bonchev–Trinajstić information content (AvgIpc) is 3.03. The lowest BCUT2D eigenvalue weighted by atomic mass is 9.86. The standard InChI is InChI=1S/C28H28O3/c1-18-6-7-19(2)21(14-18)17-30-23-12-13-24-25(16-23)31-26(27(24)29)15-20-8-10-22(11-9-20)28(3,4)5/h6-16H,17H2,1-5H3/b26-15-. The fourth-order valence-electron chi connectivity index (χ4n) is 3.60. The lowest BCUT2D eigenvalue weighted by molar-refractivity contribution is 0.101. The average molecular weight is 413 g/mol. The SMILES string of the molecule is Cc1ccc(C)c(COc2ccc3c(c2)O/C(=C\c2ccc(C(C)(C)C)cc2)C3=O)c1. The molecule has 31 heavy (non-hydrogen) atoms. The zero-order chi connectivity index (χ0) is 22.2. The van der Waals surface area contributed by atoms with E-state index in [1.165, 1.54) is 16.7 Å². The van der Waals surface area contributed by atoms with Crippen molar-refractivity contribution in [3.8, 4) is 11.5 Å². The molecule has 0 N–H and O–H groups in total. The van der Waals surface area contributed by atoms with Gasteiger partial charge in [0.1, 0.15) is 18.1 Å². The third kappa shape index (κ3) is 4.56. The fourth-order valence-corrected chi connectivity index (χ4v) is 3.60. The molecular formula is C28H28O3. The van der Waals surface area contributed by atoms with Crippen LogP contribution in [0.4, 0.5) is 0 Å². The van der Waals surface area contributed by atoms with Crippen LogP contribution >= 0.6 is 0 Å². The Morgan fingerprint density at radius 1 is 0.935 bits per heavy atom. The molecule has 3 nitrogen and oxygen atoms in total. The minimum absolute atomic E-state index is 0.0922. The third-order valence-electron chi connectivity index (χ3n) is 5.61. The summed E-state index contributed by atoms with van der Waals surface area (Å²) in [6, 6.07) is 20.0. The first-order valence-electron chi connectivity index (χ1n) is 10.6. The molecule has 0 atom stereocenters. The molecule has 0 saturated heterocycles. The van der Waals surface area contributed by atoms with Gasteiger partial charge in [-0.1, -0.05) is 68.8 Å². The highest BCUT2D eigenvalue weighted by molar-refractivity contribution is 6.14. The summed E-state index contributed by atoms with van der Waals surface area (Å²) in [6.45, 7) is 11.2. The van der Waals surface area contributed by atoms with Crippen molar-refractivity contribution < 1.29 is 14.3 Å². The van der Waals surface area contributed by atoms with E-state index in [0.717, 1.165) is 11.1 Å². The Morgan fingerprint density at radius 2 is 1.68 bits per heavy atom. The maximum atomic E-state index is 12.8. The highest BCUT2D eigenvalue weighted by Crippen LogP contribution is 2.35. The Hall–Kier alpha value is -3.33. The van der Waals surface area contributed by atoms with Crippen LogP contribution in [0.2, 0.25) is 0 Å². The van der Waals surface area contributed by atoms with Gasteiger partial charge in [-0.3, -0.25) is 4.79 Å². The monoisotopic (exact) mass is 412 g/mol. The van der Waals surface area contributed by atoms with Crippen LogP contribution in [0.3, 0.4) is 0 Å². The van der Waals surface area contributed by atoms with E-state index in [2.05, 4.69) is 65.0 Å². The van der Waals surface area contributed by atoms with Crippen molar-refractivity contribution in [3.05, 3.63) is 99.8 Å². The molecule has 3 aromatic carbocycles. The molecule has 0 radical (unpaired) electrons. The molecule has 1 aliphatic heterocycles. The molecule has 0 aromatic heterocycles. The predicted molar refractivity (Wildman–Crippen MR) is 125 cm³/mol. The summed E-state index contributed by atoms with van der Waals surface area (Å²) in [7, 11) is 0. The van der Waals surface area contributed by atoms with Gasteiger partial charge in [-0.2, -0.15) is 0 Å². The molecule has 3 heteroatoms. The van der Waals surface area contributed by atoms with Gasteiger partial charge < -0.3 is 9.47 Å². The summed E-state index contributed by atoms with van der Waals surface area (Å²) in [5, 5.41) is 0. The molecule has 158 valence electrons. The van der Waals surface area contributed by atoms with Crippen molar-refractivity contribution in [3.63, 3.8) is 0 Å². The molecule has 0 spiro atoms. The first-order valence-corrected chi connectivity index (χ1v) is 10.6. The minimum Gasteiger partial charge on any atom is -0.489 e. The fraction of sp³-hybridized carbons (Fsp3) is 0.250. The number of benzene rings is 3. The van der Waals surface area contributed by atoms with E-state index >= 15 is 0 Å². The first kappa shape index (κ1) is 20.9. The predicted octanol–water partition coefficient (Wildman–Crippen LogP) is 6.80. The third-order valence-corrected chi connectivity index (χ3v) is 5.61. The zero-order valence-corrected chi connectivity index (χ0v) is 18.8. The van der Waals surface area contributed by atoms with E-state index in [0.29, 0.717) is 29.4 Å². The Bertz CT molecular complexity index is 1160. The molecule has 0 amide bonds. The van der Waals surface area contributed by atoms with Crippen LogP contribution in [-0.4, -0.2) is 5.78 Å². The second-order valence-corrected chi connectivity index (χ2v) is 9.19. The van der Waals surface area contributed by atoms with Gasteiger partial charge in [0.25, 0.3) is 0 Å². The van der Waals surface area contributed by atoms with Crippen molar-refractivity contribution in [2.75, 3.05) is 0 Å². The maximum absolute atomic E-state index is 12.8. The van der Waals surface area contributed by atoms with Crippen LogP contribution in [0.15, 0.2) is 66.4 Å². The van der Waals surface area contributed by atoms with Gasteiger partial charge >= 0.3 is 0 Å². The number of carbonyl (C=O) groups is 1. The Balaban J connectivity index is 1.50. The Kier molecular flexibility index (Phi) is 5.45. The molecular weight excluding hydrogens is 384 g/mol. The number of carbonyl (C=O) groups excluding carboxylic acids is 1. The summed E-state index contributed by atoms with van der Waals surface area (Å²) in [5.41, 5.74) is 6.40. The van der Waals surface area contributed by atoms with E-state index < -0.39 is 0 Å². The van der Waals surface area contributed by atoms with E-state index in [1.807, 2.05) is 18.2 Å². The van der Waals surface area contributed by atoms with Gasteiger partial charge in [-0.25, -0.2) is 0 Å². The van der Waals surface area contributed by atoms with E-state index in [-0.39, 0.29) is 11.2 Å². The molecule has 3 aromatic rings. The number of Topliss-reactive ketones (excluding diaryl/α,β-unsaturated/α-hetero) is 1. The highest BCUT2D eigenvalue weighted by Gasteiger charge is 2.27. The van der Waals surface area contributed by atoms with Gasteiger partial charge in [-0.05, 0) is 59.7 Å². The van der Waals surface area contributed by atoms with Crippen molar-refractivity contribution in [1.82, 2.24) is 0 Å². The number of hydrogen-bond donors (Lipinski definition) is 0. The number of allylic oxidation sites excluding steroid dienone is 1. The summed E-state index contributed by atoms with van der Waals surface area (Å²) in [6.07, 6.45) is 1.80. The normalized spacial score (nSPS) is 14.5. The highest BCUT2D eigenvalue weighted by atomic mass is 16.5. The van der Waals surface area contributed by atoms with Crippen LogP contribution in [-0.2, 0) is 12.0 Å².